The third kappa shape index (κ3) is 5.08. The summed E-state index contributed by atoms with van der Waals surface area (Å²) in [5, 5.41) is 0. The van der Waals surface area contributed by atoms with Gasteiger partial charge in [0, 0.05) is 15.7 Å². The highest BCUT2D eigenvalue weighted by Gasteiger charge is 2.44. The molecule has 1 heterocycles. The Morgan fingerprint density at radius 2 is 1.76 bits per heavy atom. The van der Waals surface area contributed by atoms with Gasteiger partial charge in [0.05, 0.1) is 19.2 Å². The van der Waals surface area contributed by atoms with Gasteiger partial charge in [0.15, 0.2) is 0 Å². The first-order valence-corrected chi connectivity index (χ1v) is 11.7. The Labute approximate surface area is 206 Å². The van der Waals surface area contributed by atoms with Crippen molar-refractivity contribution in [3.63, 3.8) is 0 Å². The second-order valence-electron chi connectivity index (χ2n) is 7.73. The molecule has 1 aliphatic rings. The van der Waals surface area contributed by atoms with Gasteiger partial charge >= 0.3 is 0 Å². The highest BCUT2D eigenvalue weighted by molar-refractivity contribution is 14.1. The Hall–Kier alpha value is -3.20. The number of amides is 3. The van der Waals surface area contributed by atoms with Crippen molar-refractivity contribution in [2.75, 3.05) is 18.6 Å². The van der Waals surface area contributed by atoms with E-state index in [1.54, 1.807) is 36.4 Å². The van der Waals surface area contributed by atoms with Crippen LogP contribution in [0.1, 0.15) is 22.3 Å². The first kappa shape index (κ1) is 23.0. The van der Waals surface area contributed by atoms with Gasteiger partial charge < -0.3 is 9.64 Å². The molecule has 4 rings (SSSR count). The van der Waals surface area contributed by atoms with Crippen LogP contribution in [-0.4, -0.2) is 42.3 Å². The van der Waals surface area contributed by atoms with Crippen LogP contribution in [0.2, 0.25) is 0 Å². The number of nitrogens with zero attached hydrogens (tertiary/aromatic N) is 2. The number of halogens is 1. The lowest BCUT2D eigenvalue weighted by atomic mass is 10.1. The van der Waals surface area contributed by atoms with E-state index in [9.17, 15) is 14.4 Å². The third-order valence-corrected chi connectivity index (χ3v) is 6.36. The summed E-state index contributed by atoms with van der Waals surface area (Å²) in [6, 6.07) is 22.9. The molecule has 33 heavy (non-hydrogen) atoms. The van der Waals surface area contributed by atoms with E-state index in [1.165, 1.54) is 16.9 Å². The van der Waals surface area contributed by atoms with E-state index in [0.29, 0.717) is 30.0 Å². The fourth-order valence-corrected chi connectivity index (χ4v) is 4.30. The van der Waals surface area contributed by atoms with Gasteiger partial charge in [-0.3, -0.25) is 14.4 Å². The van der Waals surface area contributed by atoms with Crippen LogP contribution >= 0.6 is 22.6 Å². The largest absolute Gasteiger partial charge is 0.497 e. The Bertz CT molecular complexity index is 1160. The number of rotatable bonds is 7. The summed E-state index contributed by atoms with van der Waals surface area (Å²) in [6.45, 7) is 0.310. The summed E-state index contributed by atoms with van der Waals surface area (Å²) in [7, 11) is 1.54. The molecule has 1 atom stereocenters. The van der Waals surface area contributed by atoms with Crippen LogP contribution in [0.4, 0.5) is 5.69 Å². The molecule has 1 aliphatic heterocycles. The molecule has 7 heteroatoms. The summed E-state index contributed by atoms with van der Waals surface area (Å²) in [5.41, 5.74) is 1.98. The lowest BCUT2D eigenvalue weighted by Crippen LogP contribution is -2.46. The van der Waals surface area contributed by atoms with Crippen molar-refractivity contribution in [2.24, 2.45) is 0 Å². The average molecular weight is 554 g/mol. The highest BCUT2D eigenvalue weighted by atomic mass is 127. The minimum Gasteiger partial charge on any atom is -0.497 e. The summed E-state index contributed by atoms with van der Waals surface area (Å²) in [6.07, 6.45) is 0.521. The van der Waals surface area contributed by atoms with E-state index in [2.05, 4.69) is 22.6 Å². The van der Waals surface area contributed by atoms with Crippen LogP contribution in [0.5, 0.6) is 5.75 Å². The number of methoxy groups -OCH3 is 1. The summed E-state index contributed by atoms with van der Waals surface area (Å²) in [4.78, 5) is 42.5. The van der Waals surface area contributed by atoms with Crippen molar-refractivity contribution >= 4 is 46.0 Å². The molecule has 168 valence electrons. The van der Waals surface area contributed by atoms with Crippen LogP contribution in [0.25, 0.3) is 0 Å². The second-order valence-corrected chi connectivity index (χ2v) is 8.98. The summed E-state index contributed by atoms with van der Waals surface area (Å²) < 4.78 is 6.27. The fraction of sp³-hybridized carbons (Fsp3) is 0.192. The van der Waals surface area contributed by atoms with Crippen molar-refractivity contribution in [3.8, 4) is 5.75 Å². The number of carbonyl (C=O) groups is 3. The molecule has 0 saturated carbocycles. The fourth-order valence-electron chi connectivity index (χ4n) is 3.94. The van der Waals surface area contributed by atoms with Crippen LogP contribution < -0.4 is 9.64 Å². The molecule has 0 aromatic heterocycles. The standard InChI is InChI=1S/C26H23IN2O4/c1-33-22-9-5-8-19(16-22)25(31)28(15-14-18-6-3-2-4-7-18)23-17-24(30)29(26(23)32)21-12-10-20(27)11-13-21/h2-13,16,23H,14-15,17H2,1H3. The van der Waals surface area contributed by atoms with Gasteiger partial charge in [-0.15, -0.1) is 0 Å². The minimum absolute atomic E-state index is 0.0463. The van der Waals surface area contributed by atoms with Crippen LogP contribution in [0, 0.1) is 3.57 Å². The number of carbonyl (C=O) groups excluding carboxylic acids is 3. The zero-order valence-electron chi connectivity index (χ0n) is 18.1. The van der Waals surface area contributed by atoms with Crippen molar-refractivity contribution in [3.05, 3.63) is 93.6 Å². The van der Waals surface area contributed by atoms with E-state index in [0.717, 1.165) is 9.13 Å². The first-order valence-electron chi connectivity index (χ1n) is 10.6. The molecule has 3 aromatic rings. The predicted octanol–water partition coefficient (Wildman–Crippen LogP) is 4.32. The molecule has 0 spiro atoms. The smallest absolute Gasteiger partial charge is 0.257 e. The zero-order chi connectivity index (χ0) is 23.4. The lowest BCUT2D eigenvalue weighted by molar-refractivity contribution is -0.122. The van der Waals surface area contributed by atoms with Gasteiger partial charge in [0.25, 0.3) is 11.8 Å². The molecule has 3 aromatic carbocycles. The quantitative estimate of drug-likeness (QED) is 0.323. The molecule has 0 bridgehead atoms. The van der Waals surface area contributed by atoms with Gasteiger partial charge in [-0.2, -0.15) is 0 Å². The first-order chi connectivity index (χ1) is 16.0. The maximum atomic E-state index is 13.5. The third-order valence-electron chi connectivity index (χ3n) is 5.65. The van der Waals surface area contributed by atoms with Gasteiger partial charge in [-0.25, -0.2) is 4.90 Å². The number of ether oxygens (including phenoxy) is 1. The molecule has 0 aliphatic carbocycles. The number of benzene rings is 3. The van der Waals surface area contributed by atoms with Crippen molar-refractivity contribution in [2.45, 2.75) is 18.9 Å². The van der Waals surface area contributed by atoms with Gasteiger partial charge in [0.1, 0.15) is 11.8 Å². The SMILES string of the molecule is COc1cccc(C(=O)N(CCc2ccccc2)C2CC(=O)N(c3ccc(I)cc3)C2=O)c1. The minimum atomic E-state index is -0.862. The van der Waals surface area contributed by atoms with Crippen LogP contribution in [0.15, 0.2) is 78.9 Å². The van der Waals surface area contributed by atoms with E-state index >= 15 is 0 Å². The normalized spacial score (nSPS) is 15.6. The number of anilines is 1. The van der Waals surface area contributed by atoms with E-state index in [4.69, 9.17) is 4.74 Å². The van der Waals surface area contributed by atoms with Gasteiger partial charge in [-0.1, -0.05) is 36.4 Å². The molecule has 1 fully saturated rings. The van der Waals surface area contributed by atoms with Crippen LogP contribution in [0.3, 0.4) is 0 Å². The monoisotopic (exact) mass is 554 g/mol. The molecular formula is C26H23IN2O4. The second kappa shape index (κ2) is 10.2. The topological polar surface area (TPSA) is 66.9 Å². The molecule has 0 radical (unpaired) electrons. The number of imide groups is 1. The lowest BCUT2D eigenvalue weighted by Gasteiger charge is -2.28. The van der Waals surface area contributed by atoms with Gasteiger partial charge in [0.2, 0.25) is 5.91 Å². The maximum absolute atomic E-state index is 13.5. The molecule has 1 unspecified atom stereocenters. The van der Waals surface area contributed by atoms with E-state index in [1.807, 2.05) is 42.5 Å². The zero-order valence-corrected chi connectivity index (χ0v) is 20.3. The number of hydrogen-bond donors (Lipinski definition) is 0. The predicted molar refractivity (Wildman–Crippen MR) is 134 cm³/mol. The Morgan fingerprint density at radius 3 is 2.45 bits per heavy atom. The van der Waals surface area contributed by atoms with Crippen molar-refractivity contribution < 1.29 is 19.1 Å². The van der Waals surface area contributed by atoms with E-state index < -0.39 is 6.04 Å². The Kier molecular flexibility index (Phi) is 7.08. The Morgan fingerprint density at radius 1 is 1.03 bits per heavy atom. The van der Waals surface area contributed by atoms with Crippen LogP contribution in [-0.2, 0) is 16.0 Å². The van der Waals surface area contributed by atoms with E-state index in [-0.39, 0.29) is 24.1 Å². The van der Waals surface area contributed by atoms with Gasteiger partial charge in [-0.05, 0) is 77.0 Å². The van der Waals surface area contributed by atoms with Crippen molar-refractivity contribution in [1.82, 2.24) is 4.90 Å². The molecule has 1 saturated heterocycles. The maximum Gasteiger partial charge on any atom is 0.257 e. The molecule has 6 nitrogen and oxygen atoms in total. The molecular weight excluding hydrogens is 531 g/mol. The summed E-state index contributed by atoms with van der Waals surface area (Å²) in [5.74, 6) is -0.446. The average Bonchev–Trinajstić information content (AvgIpc) is 3.14. The number of hydrogen-bond acceptors (Lipinski definition) is 4. The Balaban J connectivity index is 1.64. The summed E-state index contributed by atoms with van der Waals surface area (Å²) >= 11 is 2.17. The molecule has 3 amide bonds. The highest BCUT2D eigenvalue weighted by Crippen LogP contribution is 2.28. The molecule has 0 N–H and O–H groups in total. The van der Waals surface area contributed by atoms with Crippen molar-refractivity contribution in [1.29, 1.82) is 0 Å².